The zero-order chi connectivity index (χ0) is 19.5. The van der Waals surface area contributed by atoms with Crippen molar-refractivity contribution in [2.75, 3.05) is 11.9 Å². The maximum Gasteiger partial charge on any atom is 0.139 e. The lowest BCUT2D eigenvalue weighted by Crippen LogP contribution is -2.35. The van der Waals surface area contributed by atoms with Crippen molar-refractivity contribution in [3.63, 3.8) is 0 Å². The fourth-order valence-electron chi connectivity index (χ4n) is 4.13. The summed E-state index contributed by atoms with van der Waals surface area (Å²) in [6.07, 6.45) is 10.4. The summed E-state index contributed by atoms with van der Waals surface area (Å²) in [5, 5.41) is 15.2. The van der Waals surface area contributed by atoms with Crippen molar-refractivity contribution in [3.05, 3.63) is 55.6 Å². The van der Waals surface area contributed by atoms with Gasteiger partial charge in [-0.1, -0.05) is 19.2 Å². The van der Waals surface area contributed by atoms with Gasteiger partial charge in [0.25, 0.3) is 0 Å². The molecule has 2 heterocycles. The summed E-state index contributed by atoms with van der Waals surface area (Å²) in [5.74, 6) is 0.921. The van der Waals surface area contributed by atoms with Gasteiger partial charge >= 0.3 is 0 Å². The summed E-state index contributed by atoms with van der Waals surface area (Å²) >= 11 is 1.69. The first-order chi connectivity index (χ1) is 13.7. The van der Waals surface area contributed by atoms with E-state index < -0.39 is 0 Å². The first-order valence-electron chi connectivity index (χ1n) is 9.79. The molecule has 0 aliphatic heterocycles. The van der Waals surface area contributed by atoms with Gasteiger partial charge in [0.15, 0.2) is 0 Å². The molecule has 0 unspecified atom stereocenters. The molecule has 0 bridgehead atoms. The third-order valence-corrected chi connectivity index (χ3v) is 6.69. The largest absolute Gasteiger partial charge is 0.396 e. The van der Waals surface area contributed by atoms with E-state index in [1.807, 2.05) is 12.4 Å². The van der Waals surface area contributed by atoms with E-state index in [2.05, 4.69) is 51.5 Å². The Morgan fingerprint density at radius 3 is 2.68 bits per heavy atom. The molecule has 1 aliphatic rings. The highest BCUT2D eigenvalue weighted by atomic mass is 32.1. The minimum absolute atomic E-state index is 0.158. The van der Waals surface area contributed by atoms with Gasteiger partial charge in [-0.2, -0.15) is 0 Å². The number of hydrogen-bond donors (Lipinski definition) is 2. The van der Waals surface area contributed by atoms with Crippen LogP contribution >= 0.6 is 11.3 Å². The summed E-state index contributed by atoms with van der Waals surface area (Å²) in [4.78, 5) is 12.2. The van der Waals surface area contributed by atoms with E-state index in [1.54, 1.807) is 17.7 Å². The molecule has 1 fully saturated rings. The van der Waals surface area contributed by atoms with E-state index >= 15 is 0 Å². The second-order valence-electron chi connectivity index (χ2n) is 7.27. The summed E-state index contributed by atoms with van der Waals surface area (Å²) in [5.41, 5.74) is 1.14. The summed E-state index contributed by atoms with van der Waals surface area (Å²) in [6.45, 7) is 7.92. The molecule has 3 aromatic rings. The maximum absolute atomic E-state index is 9.27. The number of fused-ring (bicyclic) bond motifs is 3. The highest BCUT2D eigenvalue weighted by molar-refractivity contribution is 7.25. The van der Waals surface area contributed by atoms with E-state index in [0.29, 0.717) is 18.5 Å². The van der Waals surface area contributed by atoms with Crippen molar-refractivity contribution in [1.82, 2.24) is 14.9 Å². The lowest BCUT2D eigenvalue weighted by molar-refractivity contribution is 0.268. The topological polar surface area (TPSA) is 61.3 Å². The normalized spacial score (nSPS) is 19.6. The van der Waals surface area contributed by atoms with Crippen molar-refractivity contribution in [1.29, 1.82) is 0 Å². The molecule has 1 saturated carbocycles. The average Bonchev–Trinajstić information content (AvgIpc) is 3.09. The molecule has 28 heavy (non-hydrogen) atoms. The van der Waals surface area contributed by atoms with Crippen LogP contribution in [0, 0.1) is 0 Å². The number of aromatic nitrogens is 2. The maximum atomic E-state index is 9.27. The second kappa shape index (κ2) is 8.29. The number of rotatable bonds is 7. The molecular formula is C22H26N4OS. The van der Waals surface area contributed by atoms with Gasteiger partial charge in [-0.25, -0.2) is 9.97 Å². The molecule has 0 atom stereocenters. The Bertz CT molecular complexity index is 983. The van der Waals surface area contributed by atoms with Crippen LogP contribution in [0.15, 0.2) is 50.1 Å². The van der Waals surface area contributed by atoms with Gasteiger partial charge in [-0.05, 0) is 62.2 Å². The van der Waals surface area contributed by atoms with Gasteiger partial charge in [0.2, 0.25) is 0 Å². The van der Waals surface area contributed by atoms with Crippen LogP contribution in [-0.2, 0) is 6.42 Å². The molecule has 5 nitrogen and oxygen atoms in total. The Morgan fingerprint density at radius 2 is 1.96 bits per heavy atom. The van der Waals surface area contributed by atoms with Crippen molar-refractivity contribution < 1.29 is 5.11 Å². The minimum atomic E-state index is 0.158. The average molecular weight is 395 g/mol. The zero-order valence-electron chi connectivity index (χ0n) is 16.0. The van der Waals surface area contributed by atoms with Crippen LogP contribution in [0.3, 0.4) is 0 Å². The SMILES string of the molecule is C=CN(C=C)C1CCC(Nc2ncnc3sc4ccc(CCO)cc4c23)CC1. The molecule has 0 spiro atoms. The fraction of sp³-hybridized carbons (Fsp3) is 0.364. The zero-order valence-corrected chi connectivity index (χ0v) is 16.8. The van der Waals surface area contributed by atoms with Crippen LogP contribution in [0.2, 0.25) is 0 Å². The third kappa shape index (κ3) is 3.62. The van der Waals surface area contributed by atoms with Crippen LogP contribution in [0.5, 0.6) is 0 Å². The molecule has 1 aliphatic carbocycles. The second-order valence-corrected chi connectivity index (χ2v) is 8.30. The van der Waals surface area contributed by atoms with Crippen molar-refractivity contribution in [2.45, 2.75) is 44.2 Å². The Morgan fingerprint density at radius 1 is 1.18 bits per heavy atom. The predicted molar refractivity (Wildman–Crippen MR) is 118 cm³/mol. The van der Waals surface area contributed by atoms with E-state index in [-0.39, 0.29) is 6.61 Å². The summed E-state index contributed by atoms with van der Waals surface area (Å²) < 4.78 is 1.21. The van der Waals surface area contributed by atoms with Crippen molar-refractivity contribution >= 4 is 37.5 Å². The van der Waals surface area contributed by atoms with Gasteiger partial charge in [0.05, 0.1) is 5.39 Å². The number of nitrogens with zero attached hydrogens (tertiary/aromatic N) is 3. The standard InChI is InChI=1S/C22H26N4OS/c1-3-26(4-2)17-8-6-16(7-9-17)25-21-20-18-13-15(11-12-27)5-10-19(18)28-22(20)24-14-23-21/h3-5,10,13-14,16-17,27H,1-2,6-9,11-12H2,(H,23,24,25). The Hall–Kier alpha value is -2.44. The molecule has 146 valence electrons. The molecule has 4 rings (SSSR count). The Balaban J connectivity index is 1.59. The molecule has 2 N–H and O–H groups in total. The van der Waals surface area contributed by atoms with Crippen LogP contribution < -0.4 is 5.32 Å². The smallest absolute Gasteiger partial charge is 0.139 e. The monoisotopic (exact) mass is 394 g/mol. The van der Waals surface area contributed by atoms with E-state index in [1.165, 1.54) is 10.1 Å². The number of anilines is 1. The van der Waals surface area contributed by atoms with Crippen LogP contribution in [0.4, 0.5) is 5.82 Å². The van der Waals surface area contributed by atoms with E-state index in [4.69, 9.17) is 0 Å². The number of aliphatic hydroxyl groups is 1. The number of aliphatic hydroxyl groups excluding tert-OH is 1. The number of hydrogen-bond acceptors (Lipinski definition) is 6. The highest BCUT2D eigenvalue weighted by Gasteiger charge is 2.24. The van der Waals surface area contributed by atoms with Gasteiger partial charge in [0, 0.05) is 28.8 Å². The summed E-state index contributed by atoms with van der Waals surface area (Å²) in [6, 6.07) is 7.27. The first kappa shape index (κ1) is 18.9. The molecule has 0 radical (unpaired) electrons. The van der Waals surface area contributed by atoms with Crippen LogP contribution in [0.1, 0.15) is 31.2 Å². The number of thiophene rings is 1. The molecule has 0 saturated heterocycles. The van der Waals surface area contributed by atoms with E-state index in [9.17, 15) is 5.11 Å². The third-order valence-electron chi connectivity index (χ3n) is 5.61. The lowest BCUT2D eigenvalue weighted by atomic mass is 9.90. The van der Waals surface area contributed by atoms with Gasteiger partial charge < -0.3 is 15.3 Å². The van der Waals surface area contributed by atoms with Crippen LogP contribution in [0.25, 0.3) is 20.3 Å². The molecule has 2 aromatic heterocycles. The highest BCUT2D eigenvalue weighted by Crippen LogP contribution is 2.37. The number of benzene rings is 1. The molecule has 6 heteroatoms. The van der Waals surface area contributed by atoms with Gasteiger partial charge in [-0.15, -0.1) is 11.3 Å². The first-order valence-corrected chi connectivity index (χ1v) is 10.6. The number of nitrogens with one attached hydrogen (secondary N) is 1. The minimum Gasteiger partial charge on any atom is -0.396 e. The predicted octanol–water partition coefficient (Wildman–Crippen LogP) is 4.69. The van der Waals surface area contributed by atoms with E-state index in [0.717, 1.165) is 47.3 Å². The quantitative estimate of drug-likeness (QED) is 0.609. The lowest BCUT2D eigenvalue weighted by Gasteiger charge is -2.34. The Kier molecular flexibility index (Phi) is 5.59. The van der Waals surface area contributed by atoms with Gasteiger partial charge in [0.1, 0.15) is 17.0 Å². The molecular weight excluding hydrogens is 368 g/mol. The molecule has 1 aromatic carbocycles. The van der Waals surface area contributed by atoms with Crippen molar-refractivity contribution in [2.24, 2.45) is 0 Å². The Labute approximate surface area is 169 Å². The van der Waals surface area contributed by atoms with Crippen molar-refractivity contribution in [3.8, 4) is 0 Å². The van der Waals surface area contributed by atoms with Gasteiger partial charge in [-0.3, -0.25) is 0 Å². The summed E-state index contributed by atoms with van der Waals surface area (Å²) in [7, 11) is 0. The fourth-order valence-corrected chi connectivity index (χ4v) is 5.16. The molecule has 0 amide bonds. The van der Waals surface area contributed by atoms with Crippen LogP contribution in [-0.4, -0.2) is 38.7 Å².